The fourth-order valence-corrected chi connectivity index (χ4v) is 3.94. The van der Waals surface area contributed by atoms with Crippen molar-refractivity contribution < 1.29 is 23.4 Å². The Morgan fingerprint density at radius 1 is 1.34 bits per heavy atom. The van der Waals surface area contributed by atoms with Crippen LogP contribution in [0.4, 0.5) is 15.8 Å². The SMILES string of the molecule is Cc1c(F)cccc1Nc1c(-c2ccncc2OCC2COCO2)[nH]c2c1C(=O)NCC2. The summed E-state index contributed by atoms with van der Waals surface area (Å²) in [6, 6.07) is 6.64. The van der Waals surface area contributed by atoms with Crippen LogP contribution in [0.25, 0.3) is 11.3 Å². The van der Waals surface area contributed by atoms with E-state index in [4.69, 9.17) is 14.2 Å². The molecule has 1 fully saturated rings. The summed E-state index contributed by atoms with van der Waals surface area (Å²) in [5, 5.41) is 6.18. The van der Waals surface area contributed by atoms with Crippen LogP contribution in [0, 0.1) is 12.7 Å². The molecule has 166 valence electrons. The Hall–Kier alpha value is -3.43. The van der Waals surface area contributed by atoms with Crippen LogP contribution in [-0.2, 0) is 15.9 Å². The minimum absolute atomic E-state index is 0.154. The number of H-pyrrole nitrogens is 1. The number of hydrogen-bond acceptors (Lipinski definition) is 6. The van der Waals surface area contributed by atoms with Crippen molar-refractivity contribution in [2.75, 3.05) is 31.9 Å². The Morgan fingerprint density at radius 2 is 2.25 bits per heavy atom. The number of nitrogens with one attached hydrogen (secondary N) is 3. The summed E-state index contributed by atoms with van der Waals surface area (Å²) < 4.78 is 30.9. The number of halogens is 1. The Bertz CT molecular complexity index is 1160. The minimum atomic E-state index is -0.322. The molecule has 0 spiro atoms. The Labute approximate surface area is 184 Å². The zero-order valence-electron chi connectivity index (χ0n) is 17.5. The molecule has 3 aromatic rings. The topological polar surface area (TPSA) is 97.5 Å². The van der Waals surface area contributed by atoms with Crippen LogP contribution in [0.2, 0.25) is 0 Å². The van der Waals surface area contributed by atoms with E-state index in [1.54, 1.807) is 31.5 Å². The van der Waals surface area contributed by atoms with E-state index in [9.17, 15) is 9.18 Å². The van der Waals surface area contributed by atoms with Gasteiger partial charge in [0.25, 0.3) is 5.91 Å². The second-order valence-corrected chi connectivity index (χ2v) is 7.73. The fraction of sp³-hybridized carbons (Fsp3) is 0.304. The number of hydrogen-bond donors (Lipinski definition) is 3. The van der Waals surface area contributed by atoms with Gasteiger partial charge in [0.15, 0.2) is 0 Å². The molecule has 0 radical (unpaired) electrons. The molecule has 1 aromatic carbocycles. The summed E-state index contributed by atoms with van der Waals surface area (Å²) in [7, 11) is 0. The van der Waals surface area contributed by atoms with Crippen LogP contribution in [0.3, 0.4) is 0 Å². The van der Waals surface area contributed by atoms with E-state index in [0.717, 1.165) is 11.3 Å². The first-order valence-corrected chi connectivity index (χ1v) is 10.4. The second kappa shape index (κ2) is 8.60. The molecule has 0 aliphatic carbocycles. The van der Waals surface area contributed by atoms with Gasteiger partial charge in [0.2, 0.25) is 0 Å². The van der Waals surface area contributed by atoms with E-state index in [1.165, 1.54) is 6.07 Å². The maximum absolute atomic E-state index is 14.2. The maximum atomic E-state index is 14.2. The summed E-state index contributed by atoms with van der Waals surface area (Å²) in [6.45, 7) is 3.28. The predicted octanol–water partition coefficient (Wildman–Crippen LogP) is 3.31. The van der Waals surface area contributed by atoms with E-state index < -0.39 is 0 Å². The van der Waals surface area contributed by atoms with Gasteiger partial charge in [0.05, 0.1) is 29.7 Å². The van der Waals surface area contributed by atoms with Crippen LogP contribution >= 0.6 is 0 Å². The highest BCUT2D eigenvalue weighted by atomic mass is 19.1. The lowest BCUT2D eigenvalue weighted by atomic mass is 10.0. The molecule has 4 heterocycles. The number of aromatic amines is 1. The molecule has 0 bridgehead atoms. The predicted molar refractivity (Wildman–Crippen MR) is 116 cm³/mol. The molecular weight excluding hydrogens is 415 g/mol. The van der Waals surface area contributed by atoms with Crippen molar-refractivity contribution >= 4 is 17.3 Å². The van der Waals surface area contributed by atoms with Crippen molar-refractivity contribution in [2.45, 2.75) is 19.4 Å². The molecule has 2 aliphatic heterocycles. The van der Waals surface area contributed by atoms with Gasteiger partial charge in [-0.05, 0) is 25.1 Å². The summed E-state index contributed by atoms with van der Waals surface area (Å²) >= 11 is 0. The Morgan fingerprint density at radius 3 is 3.09 bits per heavy atom. The van der Waals surface area contributed by atoms with Crippen LogP contribution < -0.4 is 15.4 Å². The van der Waals surface area contributed by atoms with Gasteiger partial charge in [0, 0.05) is 41.7 Å². The normalized spacial score (nSPS) is 17.7. The van der Waals surface area contributed by atoms with E-state index in [0.29, 0.717) is 60.1 Å². The number of carbonyl (C=O) groups is 1. The number of nitrogens with zero attached hydrogens (tertiary/aromatic N) is 1. The number of benzene rings is 1. The highest BCUT2D eigenvalue weighted by Gasteiger charge is 2.29. The summed E-state index contributed by atoms with van der Waals surface area (Å²) in [5.74, 6) is 0.0384. The van der Waals surface area contributed by atoms with Crippen molar-refractivity contribution in [3.8, 4) is 17.0 Å². The fourth-order valence-electron chi connectivity index (χ4n) is 3.94. The number of amides is 1. The van der Waals surface area contributed by atoms with Crippen LogP contribution in [0.1, 0.15) is 21.6 Å². The number of anilines is 2. The molecule has 1 atom stereocenters. The monoisotopic (exact) mass is 438 g/mol. The molecule has 2 aromatic heterocycles. The molecular formula is C23H23FN4O4. The average molecular weight is 438 g/mol. The average Bonchev–Trinajstić information content (AvgIpc) is 3.44. The molecule has 3 N–H and O–H groups in total. The minimum Gasteiger partial charge on any atom is -0.488 e. The van der Waals surface area contributed by atoms with Gasteiger partial charge in [-0.2, -0.15) is 0 Å². The highest BCUT2D eigenvalue weighted by Crippen LogP contribution is 2.40. The zero-order chi connectivity index (χ0) is 22.1. The molecule has 32 heavy (non-hydrogen) atoms. The van der Waals surface area contributed by atoms with Crippen molar-refractivity contribution in [2.24, 2.45) is 0 Å². The van der Waals surface area contributed by atoms with Crippen molar-refractivity contribution in [3.05, 3.63) is 59.3 Å². The van der Waals surface area contributed by atoms with Crippen LogP contribution in [-0.4, -0.2) is 48.5 Å². The number of pyridine rings is 1. The van der Waals surface area contributed by atoms with E-state index >= 15 is 0 Å². The third kappa shape index (κ3) is 3.80. The summed E-state index contributed by atoms with van der Waals surface area (Å²) in [5.41, 5.74) is 4.37. The van der Waals surface area contributed by atoms with Gasteiger partial charge in [-0.3, -0.25) is 9.78 Å². The van der Waals surface area contributed by atoms with Crippen molar-refractivity contribution in [3.63, 3.8) is 0 Å². The van der Waals surface area contributed by atoms with Gasteiger partial charge < -0.3 is 29.8 Å². The lowest BCUT2D eigenvalue weighted by Crippen LogP contribution is -2.31. The number of rotatable bonds is 6. The molecule has 8 nitrogen and oxygen atoms in total. The summed E-state index contributed by atoms with van der Waals surface area (Å²) in [4.78, 5) is 20.3. The molecule has 0 saturated carbocycles. The molecule has 1 saturated heterocycles. The summed E-state index contributed by atoms with van der Waals surface area (Å²) in [6.07, 6.45) is 3.79. The quantitative estimate of drug-likeness (QED) is 0.546. The number of carbonyl (C=O) groups excluding carboxylic acids is 1. The second-order valence-electron chi connectivity index (χ2n) is 7.73. The lowest BCUT2D eigenvalue weighted by molar-refractivity contribution is 0.0321. The first-order chi connectivity index (χ1) is 15.6. The highest BCUT2D eigenvalue weighted by molar-refractivity contribution is 6.06. The van der Waals surface area contributed by atoms with Crippen LogP contribution in [0.5, 0.6) is 5.75 Å². The lowest BCUT2D eigenvalue weighted by Gasteiger charge is -2.17. The van der Waals surface area contributed by atoms with E-state index in [1.807, 2.05) is 6.07 Å². The third-order valence-electron chi connectivity index (χ3n) is 5.66. The van der Waals surface area contributed by atoms with Crippen molar-refractivity contribution in [1.82, 2.24) is 15.3 Å². The first-order valence-electron chi connectivity index (χ1n) is 10.4. The van der Waals surface area contributed by atoms with Crippen molar-refractivity contribution in [1.29, 1.82) is 0 Å². The molecule has 2 aliphatic rings. The van der Waals surface area contributed by atoms with Gasteiger partial charge >= 0.3 is 0 Å². The maximum Gasteiger partial charge on any atom is 0.255 e. The zero-order valence-corrected chi connectivity index (χ0v) is 17.5. The third-order valence-corrected chi connectivity index (χ3v) is 5.66. The molecule has 9 heteroatoms. The van der Waals surface area contributed by atoms with Gasteiger partial charge in [-0.1, -0.05) is 6.07 Å². The Kier molecular flexibility index (Phi) is 5.50. The first kappa shape index (κ1) is 20.5. The molecule has 1 amide bonds. The number of fused-ring (bicyclic) bond motifs is 1. The van der Waals surface area contributed by atoms with Gasteiger partial charge in [-0.15, -0.1) is 0 Å². The number of aromatic nitrogens is 2. The van der Waals surface area contributed by atoms with E-state index in [-0.39, 0.29) is 24.6 Å². The molecule has 5 rings (SSSR count). The van der Waals surface area contributed by atoms with Crippen LogP contribution in [0.15, 0.2) is 36.7 Å². The Balaban J connectivity index is 1.57. The molecule has 1 unspecified atom stereocenters. The largest absolute Gasteiger partial charge is 0.488 e. The van der Waals surface area contributed by atoms with Gasteiger partial charge in [0.1, 0.15) is 31.1 Å². The standard InChI is InChI=1S/C23H23FN4O4/c1-13-16(24)3-2-4-17(13)27-22-20-18(6-8-26-23(20)29)28-21(22)15-5-7-25-9-19(15)31-11-14-10-30-12-32-14/h2-5,7,9,14,27-28H,6,8,10-12H2,1H3,(H,26,29). The number of ether oxygens (including phenoxy) is 3. The smallest absolute Gasteiger partial charge is 0.255 e. The van der Waals surface area contributed by atoms with Gasteiger partial charge in [-0.25, -0.2) is 4.39 Å². The van der Waals surface area contributed by atoms with E-state index in [2.05, 4.69) is 20.6 Å².